The first-order valence-electron chi connectivity index (χ1n) is 6.36. The number of amides is 1. The fraction of sp³-hybridized carbons (Fsp3) is 0.462. The normalized spacial score (nSPS) is 19.9. The van der Waals surface area contributed by atoms with Gasteiger partial charge in [0.25, 0.3) is 5.91 Å². The molecular formula is C13H17ClN2O3S. The maximum Gasteiger partial charge on any atom is 0.255 e. The van der Waals surface area contributed by atoms with Crippen LogP contribution < -0.4 is 5.14 Å². The minimum Gasteiger partial charge on any atom is -0.337 e. The Morgan fingerprint density at radius 2 is 2.15 bits per heavy atom. The van der Waals surface area contributed by atoms with Crippen molar-refractivity contribution in [1.29, 1.82) is 0 Å². The van der Waals surface area contributed by atoms with E-state index in [2.05, 4.69) is 0 Å². The number of hydrogen-bond donors (Lipinski definition) is 1. The second-order valence-corrected chi connectivity index (χ2v) is 7.26. The van der Waals surface area contributed by atoms with Gasteiger partial charge in [0.2, 0.25) is 10.0 Å². The van der Waals surface area contributed by atoms with Crippen molar-refractivity contribution < 1.29 is 13.2 Å². The van der Waals surface area contributed by atoms with E-state index in [-0.39, 0.29) is 12.5 Å². The van der Waals surface area contributed by atoms with E-state index in [1.807, 2.05) is 13.0 Å². The highest BCUT2D eigenvalue weighted by Crippen LogP contribution is 2.24. The molecule has 0 radical (unpaired) electrons. The van der Waals surface area contributed by atoms with Gasteiger partial charge in [-0.2, -0.15) is 0 Å². The van der Waals surface area contributed by atoms with Crippen molar-refractivity contribution in [3.05, 3.63) is 34.3 Å². The van der Waals surface area contributed by atoms with Crippen LogP contribution in [0.3, 0.4) is 0 Å². The first-order chi connectivity index (χ1) is 9.30. The van der Waals surface area contributed by atoms with Crippen molar-refractivity contribution in [2.45, 2.75) is 25.0 Å². The van der Waals surface area contributed by atoms with Crippen molar-refractivity contribution in [3.63, 3.8) is 0 Å². The number of benzene rings is 1. The predicted molar refractivity (Wildman–Crippen MR) is 78.2 cm³/mol. The summed E-state index contributed by atoms with van der Waals surface area (Å²) in [6, 6.07) is 5.23. The minimum absolute atomic E-state index is 0.127. The Morgan fingerprint density at radius 3 is 2.80 bits per heavy atom. The molecular weight excluding hydrogens is 300 g/mol. The topological polar surface area (TPSA) is 80.5 Å². The molecule has 1 saturated heterocycles. The fourth-order valence-electron chi connectivity index (χ4n) is 2.37. The number of hydrogen-bond acceptors (Lipinski definition) is 3. The van der Waals surface area contributed by atoms with Crippen molar-refractivity contribution in [2.75, 3.05) is 13.1 Å². The molecule has 1 aromatic rings. The Hall–Kier alpha value is -1.11. The van der Waals surface area contributed by atoms with E-state index in [0.717, 1.165) is 5.56 Å². The SMILES string of the molecule is Cc1cccc(C(=O)N2CCCC(S(N)(=O)=O)C2)c1Cl. The second kappa shape index (κ2) is 5.71. The number of halogens is 1. The van der Waals surface area contributed by atoms with Gasteiger partial charge in [-0.1, -0.05) is 23.7 Å². The molecule has 1 unspecified atom stereocenters. The highest BCUT2D eigenvalue weighted by atomic mass is 35.5. The number of carbonyl (C=O) groups excluding carboxylic acids is 1. The number of aryl methyl sites for hydroxylation is 1. The molecule has 0 spiro atoms. The summed E-state index contributed by atoms with van der Waals surface area (Å²) in [6.07, 6.45) is 1.11. The molecule has 0 bridgehead atoms. The van der Waals surface area contributed by atoms with Gasteiger partial charge < -0.3 is 4.90 Å². The summed E-state index contributed by atoms with van der Waals surface area (Å²) in [5.74, 6) is -0.243. The Kier molecular flexibility index (Phi) is 4.36. The van der Waals surface area contributed by atoms with Crippen LogP contribution in [0.25, 0.3) is 0 Å². The van der Waals surface area contributed by atoms with Crippen molar-refractivity contribution >= 4 is 27.5 Å². The number of likely N-dealkylation sites (tertiary alicyclic amines) is 1. The molecule has 0 saturated carbocycles. The lowest BCUT2D eigenvalue weighted by Crippen LogP contribution is -2.47. The molecule has 1 aliphatic heterocycles. The molecule has 1 aromatic carbocycles. The smallest absolute Gasteiger partial charge is 0.255 e. The Bertz CT molecular complexity index is 631. The van der Waals surface area contributed by atoms with E-state index in [4.69, 9.17) is 16.7 Å². The van der Waals surface area contributed by atoms with Crippen LogP contribution in [-0.2, 0) is 10.0 Å². The van der Waals surface area contributed by atoms with E-state index in [0.29, 0.717) is 30.0 Å². The van der Waals surface area contributed by atoms with E-state index in [1.165, 1.54) is 4.90 Å². The van der Waals surface area contributed by atoms with Crippen molar-refractivity contribution in [1.82, 2.24) is 4.90 Å². The summed E-state index contributed by atoms with van der Waals surface area (Å²) in [5.41, 5.74) is 1.22. The van der Waals surface area contributed by atoms with Crippen LogP contribution in [0.15, 0.2) is 18.2 Å². The summed E-state index contributed by atoms with van der Waals surface area (Å²) in [5, 5.41) is 4.89. The van der Waals surface area contributed by atoms with Gasteiger partial charge in [0.1, 0.15) is 0 Å². The van der Waals surface area contributed by atoms with Gasteiger partial charge in [-0.15, -0.1) is 0 Å². The predicted octanol–water partition coefficient (Wildman–Crippen LogP) is 1.54. The maximum absolute atomic E-state index is 12.5. The number of nitrogens with two attached hydrogens (primary N) is 1. The van der Waals surface area contributed by atoms with E-state index in [9.17, 15) is 13.2 Å². The van der Waals surface area contributed by atoms with Crippen molar-refractivity contribution in [3.8, 4) is 0 Å². The van der Waals surface area contributed by atoms with Crippen LogP contribution >= 0.6 is 11.6 Å². The summed E-state index contributed by atoms with van der Waals surface area (Å²) in [4.78, 5) is 14.0. The van der Waals surface area contributed by atoms with Gasteiger partial charge in [-0.3, -0.25) is 4.79 Å². The molecule has 0 aliphatic carbocycles. The highest BCUT2D eigenvalue weighted by molar-refractivity contribution is 7.89. The Morgan fingerprint density at radius 1 is 1.45 bits per heavy atom. The van der Waals surface area contributed by atoms with Crippen LogP contribution in [0.2, 0.25) is 5.02 Å². The maximum atomic E-state index is 12.5. The molecule has 1 amide bonds. The number of nitrogens with zero attached hydrogens (tertiary/aromatic N) is 1. The number of carbonyl (C=O) groups is 1. The fourth-order valence-corrected chi connectivity index (χ4v) is 3.46. The molecule has 1 heterocycles. The lowest BCUT2D eigenvalue weighted by Gasteiger charge is -2.31. The number of rotatable bonds is 2. The molecule has 1 fully saturated rings. The van der Waals surface area contributed by atoms with E-state index < -0.39 is 15.3 Å². The Balaban J connectivity index is 2.23. The number of sulfonamides is 1. The van der Waals surface area contributed by atoms with Gasteiger partial charge in [0.05, 0.1) is 15.8 Å². The third-order valence-electron chi connectivity index (χ3n) is 3.55. The van der Waals surface area contributed by atoms with Crippen LogP contribution in [0, 0.1) is 6.92 Å². The Labute approximate surface area is 123 Å². The molecule has 2 rings (SSSR count). The van der Waals surface area contributed by atoms with Gasteiger partial charge in [-0.25, -0.2) is 13.6 Å². The summed E-state index contributed by atoms with van der Waals surface area (Å²) >= 11 is 6.14. The first-order valence-corrected chi connectivity index (χ1v) is 8.35. The van der Waals surface area contributed by atoms with Gasteiger partial charge in [0, 0.05) is 13.1 Å². The molecule has 110 valence electrons. The number of primary sulfonamides is 1. The average molecular weight is 317 g/mol. The lowest BCUT2D eigenvalue weighted by molar-refractivity contribution is 0.0727. The molecule has 1 atom stereocenters. The van der Waals surface area contributed by atoms with Crippen LogP contribution in [0.4, 0.5) is 0 Å². The zero-order valence-electron chi connectivity index (χ0n) is 11.2. The summed E-state index contributed by atoms with van der Waals surface area (Å²) in [7, 11) is -3.62. The quantitative estimate of drug-likeness (QED) is 0.898. The zero-order valence-corrected chi connectivity index (χ0v) is 12.7. The lowest BCUT2D eigenvalue weighted by atomic mass is 10.1. The number of piperidine rings is 1. The first kappa shape index (κ1) is 15.3. The second-order valence-electron chi connectivity index (χ2n) is 5.04. The average Bonchev–Trinajstić information content (AvgIpc) is 2.40. The minimum atomic E-state index is -3.62. The van der Waals surface area contributed by atoms with Crippen LogP contribution in [0.5, 0.6) is 0 Å². The molecule has 2 N–H and O–H groups in total. The summed E-state index contributed by atoms with van der Waals surface area (Å²) in [6.45, 7) is 2.47. The zero-order chi connectivity index (χ0) is 14.9. The molecule has 0 aromatic heterocycles. The van der Waals surface area contributed by atoms with E-state index >= 15 is 0 Å². The standard InChI is InChI=1S/C13H17ClN2O3S/c1-9-4-2-6-11(12(9)14)13(17)16-7-3-5-10(8-16)20(15,18)19/h2,4,6,10H,3,5,7-8H2,1H3,(H2,15,18,19). The van der Waals surface area contributed by atoms with Gasteiger partial charge in [-0.05, 0) is 31.4 Å². The van der Waals surface area contributed by atoms with Crippen LogP contribution in [-0.4, -0.2) is 37.6 Å². The van der Waals surface area contributed by atoms with Crippen LogP contribution in [0.1, 0.15) is 28.8 Å². The monoisotopic (exact) mass is 316 g/mol. The van der Waals surface area contributed by atoms with Gasteiger partial charge >= 0.3 is 0 Å². The summed E-state index contributed by atoms with van der Waals surface area (Å²) < 4.78 is 22.9. The van der Waals surface area contributed by atoms with E-state index in [1.54, 1.807) is 12.1 Å². The van der Waals surface area contributed by atoms with Gasteiger partial charge in [0.15, 0.2) is 0 Å². The molecule has 7 heteroatoms. The third kappa shape index (κ3) is 3.13. The molecule has 5 nitrogen and oxygen atoms in total. The molecule has 1 aliphatic rings. The highest BCUT2D eigenvalue weighted by Gasteiger charge is 2.31. The largest absolute Gasteiger partial charge is 0.337 e. The third-order valence-corrected chi connectivity index (χ3v) is 5.37. The molecule has 20 heavy (non-hydrogen) atoms. The van der Waals surface area contributed by atoms with Crippen molar-refractivity contribution in [2.24, 2.45) is 5.14 Å².